The number of unbranched alkanes of at least 4 members (excludes halogenated alkanes) is 2. The van der Waals surface area contributed by atoms with Gasteiger partial charge in [0.1, 0.15) is 11.6 Å². The Labute approximate surface area is 166 Å². The Hall–Kier alpha value is -2.14. The molecule has 2 aromatic rings. The lowest BCUT2D eigenvalue weighted by Crippen LogP contribution is -2.63. The molecule has 2 aromatic heterocycles. The van der Waals surface area contributed by atoms with Crippen LogP contribution in [0, 0.1) is 0 Å². The predicted molar refractivity (Wildman–Crippen MR) is 109 cm³/mol. The lowest BCUT2D eigenvalue weighted by molar-refractivity contribution is -0.0440. The number of anilines is 2. The second-order valence-electron chi connectivity index (χ2n) is 7.14. The first-order chi connectivity index (χ1) is 13.5. The van der Waals surface area contributed by atoms with Gasteiger partial charge in [0.05, 0.1) is 11.4 Å². The standard InChI is InChI=1S/C18H33N9O/c1-4-6-8-12-10-14(19)26(24-12)16-21-17(23-18(22-16)28-3)27-15(20)11-13(25-27)9-7-5-2/h10-11,16-18,21-23H,4-9,19-20H2,1-3H3. The minimum Gasteiger partial charge on any atom is -0.384 e. The molecule has 7 N–H and O–H groups in total. The molecule has 10 nitrogen and oxygen atoms in total. The van der Waals surface area contributed by atoms with Crippen molar-refractivity contribution in [2.75, 3.05) is 18.6 Å². The third-order valence-corrected chi connectivity index (χ3v) is 4.86. The highest BCUT2D eigenvalue weighted by atomic mass is 16.5. The number of rotatable bonds is 9. The highest BCUT2D eigenvalue weighted by molar-refractivity contribution is 5.32. The largest absolute Gasteiger partial charge is 0.384 e. The van der Waals surface area contributed by atoms with Crippen LogP contribution in [0.15, 0.2) is 12.1 Å². The van der Waals surface area contributed by atoms with Crippen LogP contribution in [0.25, 0.3) is 0 Å². The maximum atomic E-state index is 6.22. The van der Waals surface area contributed by atoms with Gasteiger partial charge in [-0.3, -0.25) is 0 Å². The third kappa shape index (κ3) is 4.64. The van der Waals surface area contributed by atoms with Gasteiger partial charge in [0.15, 0.2) is 18.9 Å². The number of nitrogens with one attached hydrogen (secondary N) is 3. The van der Waals surface area contributed by atoms with Crippen molar-refractivity contribution in [1.29, 1.82) is 0 Å². The molecule has 2 unspecified atom stereocenters. The van der Waals surface area contributed by atoms with Crippen LogP contribution in [0.5, 0.6) is 0 Å². The molecule has 3 rings (SSSR count). The first kappa shape index (κ1) is 20.6. The van der Waals surface area contributed by atoms with Crippen LogP contribution < -0.4 is 27.4 Å². The van der Waals surface area contributed by atoms with Crippen molar-refractivity contribution in [1.82, 2.24) is 35.5 Å². The number of nitrogen functional groups attached to an aromatic ring is 2. The van der Waals surface area contributed by atoms with Crippen LogP contribution in [0.4, 0.5) is 11.6 Å². The van der Waals surface area contributed by atoms with E-state index >= 15 is 0 Å². The van der Waals surface area contributed by atoms with E-state index in [1.54, 1.807) is 16.5 Å². The van der Waals surface area contributed by atoms with Crippen molar-refractivity contribution >= 4 is 11.6 Å². The van der Waals surface area contributed by atoms with Crippen molar-refractivity contribution in [3.8, 4) is 0 Å². The molecule has 1 fully saturated rings. The SMILES string of the molecule is CCCCc1cc(N)n(C2NC(OC)NC(n3nc(CCCC)cc3N)N2)n1. The molecule has 0 radical (unpaired) electrons. The fourth-order valence-corrected chi connectivity index (χ4v) is 3.30. The van der Waals surface area contributed by atoms with Gasteiger partial charge in [-0.15, -0.1) is 0 Å². The van der Waals surface area contributed by atoms with Gasteiger partial charge in [0.2, 0.25) is 0 Å². The summed E-state index contributed by atoms with van der Waals surface area (Å²) in [6.07, 6.45) is 5.05. The Morgan fingerprint density at radius 3 is 1.75 bits per heavy atom. The minimum absolute atomic E-state index is 0.366. The molecule has 0 bridgehead atoms. The molecular weight excluding hydrogens is 358 g/mol. The molecule has 28 heavy (non-hydrogen) atoms. The molecule has 1 aliphatic rings. The Morgan fingerprint density at radius 2 is 1.36 bits per heavy atom. The van der Waals surface area contributed by atoms with Gasteiger partial charge < -0.3 is 16.2 Å². The first-order valence-corrected chi connectivity index (χ1v) is 10.0. The van der Waals surface area contributed by atoms with Crippen molar-refractivity contribution in [3.63, 3.8) is 0 Å². The summed E-state index contributed by atoms with van der Waals surface area (Å²) in [5.41, 5.74) is 14.4. The van der Waals surface area contributed by atoms with Crippen LogP contribution >= 0.6 is 0 Å². The summed E-state index contributed by atoms with van der Waals surface area (Å²) in [6, 6.07) is 3.84. The van der Waals surface area contributed by atoms with Crippen LogP contribution in [-0.2, 0) is 17.6 Å². The van der Waals surface area contributed by atoms with E-state index in [-0.39, 0.29) is 12.6 Å². The molecule has 2 atom stereocenters. The van der Waals surface area contributed by atoms with E-state index in [1.165, 1.54) is 0 Å². The van der Waals surface area contributed by atoms with Crippen molar-refractivity contribution in [3.05, 3.63) is 23.5 Å². The molecule has 3 heterocycles. The number of aryl methyl sites for hydroxylation is 2. The summed E-state index contributed by atoms with van der Waals surface area (Å²) in [5.74, 6) is 1.17. The van der Waals surface area contributed by atoms with E-state index < -0.39 is 6.35 Å². The zero-order valence-electron chi connectivity index (χ0n) is 17.0. The summed E-state index contributed by atoms with van der Waals surface area (Å²) in [4.78, 5) is 0. The van der Waals surface area contributed by atoms with E-state index in [0.717, 1.165) is 49.9 Å². The van der Waals surface area contributed by atoms with Crippen molar-refractivity contribution in [2.45, 2.75) is 71.3 Å². The van der Waals surface area contributed by atoms with Crippen LogP contribution in [0.3, 0.4) is 0 Å². The second kappa shape index (κ2) is 9.37. The Kier molecular flexibility index (Phi) is 6.89. The second-order valence-corrected chi connectivity index (χ2v) is 7.14. The molecule has 0 aromatic carbocycles. The molecule has 0 amide bonds. The predicted octanol–water partition coefficient (Wildman–Crippen LogP) is 1.25. The average Bonchev–Trinajstić information content (AvgIpc) is 3.26. The van der Waals surface area contributed by atoms with Crippen LogP contribution in [0.1, 0.15) is 63.5 Å². The van der Waals surface area contributed by atoms with Gasteiger partial charge in [0, 0.05) is 19.2 Å². The van der Waals surface area contributed by atoms with Gasteiger partial charge >= 0.3 is 0 Å². The highest BCUT2D eigenvalue weighted by Crippen LogP contribution is 2.20. The van der Waals surface area contributed by atoms with Crippen LogP contribution in [0.2, 0.25) is 0 Å². The molecule has 1 saturated heterocycles. The number of hydrogen-bond donors (Lipinski definition) is 5. The number of ether oxygens (including phenoxy) is 1. The monoisotopic (exact) mass is 391 g/mol. The number of methoxy groups -OCH3 is 1. The number of nitrogens with two attached hydrogens (primary N) is 2. The first-order valence-electron chi connectivity index (χ1n) is 10.0. The number of nitrogens with zero attached hydrogens (tertiary/aromatic N) is 4. The minimum atomic E-state index is -0.415. The van der Waals surface area contributed by atoms with E-state index in [9.17, 15) is 0 Å². The normalized spacial score (nSPS) is 22.6. The fraction of sp³-hybridized carbons (Fsp3) is 0.667. The average molecular weight is 392 g/mol. The molecule has 1 aliphatic heterocycles. The van der Waals surface area contributed by atoms with Gasteiger partial charge in [-0.2, -0.15) is 10.2 Å². The van der Waals surface area contributed by atoms with Crippen LogP contribution in [-0.4, -0.2) is 33.0 Å². The lowest BCUT2D eigenvalue weighted by atomic mass is 10.2. The van der Waals surface area contributed by atoms with Crippen molar-refractivity contribution in [2.24, 2.45) is 0 Å². The maximum Gasteiger partial charge on any atom is 0.168 e. The molecule has 0 saturated carbocycles. The third-order valence-electron chi connectivity index (χ3n) is 4.86. The van der Waals surface area contributed by atoms with Gasteiger partial charge in [0.25, 0.3) is 0 Å². The molecule has 0 aliphatic carbocycles. The van der Waals surface area contributed by atoms with Gasteiger partial charge in [-0.05, 0) is 25.7 Å². The smallest absolute Gasteiger partial charge is 0.168 e. The topological polar surface area (TPSA) is 133 Å². The summed E-state index contributed by atoms with van der Waals surface area (Å²) in [5, 5.41) is 19.3. The van der Waals surface area contributed by atoms with Crippen molar-refractivity contribution < 1.29 is 4.74 Å². The van der Waals surface area contributed by atoms with E-state index in [2.05, 4.69) is 40.0 Å². The molecule has 10 heteroatoms. The number of aromatic nitrogens is 4. The molecular formula is C18H33N9O. The summed E-state index contributed by atoms with van der Waals surface area (Å²) < 4.78 is 8.97. The molecule has 156 valence electrons. The Bertz CT molecular complexity index is 696. The summed E-state index contributed by atoms with van der Waals surface area (Å²) >= 11 is 0. The van der Waals surface area contributed by atoms with E-state index in [0.29, 0.717) is 11.6 Å². The lowest BCUT2D eigenvalue weighted by Gasteiger charge is -2.38. The van der Waals surface area contributed by atoms with Gasteiger partial charge in [-0.1, -0.05) is 26.7 Å². The Balaban J connectivity index is 1.80. The zero-order valence-corrected chi connectivity index (χ0v) is 17.0. The number of hydrogen-bond acceptors (Lipinski definition) is 8. The van der Waals surface area contributed by atoms with E-state index in [1.807, 2.05) is 12.1 Å². The zero-order chi connectivity index (χ0) is 20.1. The quantitative estimate of drug-likeness (QED) is 0.431. The van der Waals surface area contributed by atoms with Gasteiger partial charge in [-0.25, -0.2) is 25.3 Å². The van der Waals surface area contributed by atoms with E-state index in [4.69, 9.17) is 16.2 Å². The summed E-state index contributed by atoms with van der Waals surface area (Å²) in [7, 11) is 1.63. The highest BCUT2D eigenvalue weighted by Gasteiger charge is 2.31. The molecule has 0 spiro atoms. The fourth-order valence-electron chi connectivity index (χ4n) is 3.30. The maximum absolute atomic E-state index is 6.22. The Morgan fingerprint density at radius 1 is 0.893 bits per heavy atom. The summed E-state index contributed by atoms with van der Waals surface area (Å²) in [6.45, 7) is 4.32.